The van der Waals surface area contributed by atoms with Crippen LogP contribution in [0.2, 0.25) is 5.15 Å². The van der Waals surface area contributed by atoms with E-state index >= 15 is 0 Å². The van der Waals surface area contributed by atoms with E-state index in [-0.39, 0.29) is 6.04 Å². The molecule has 0 spiro atoms. The molecule has 0 unspecified atom stereocenters. The molecule has 70 valence electrons. The van der Waals surface area contributed by atoms with Crippen LogP contribution in [0.1, 0.15) is 24.4 Å². The van der Waals surface area contributed by atoms with Gasteiger partial charge in [0.05, 0.1) is 0 Å². The summed E-state index contributed by atoms with van der Waals surface area (Å²) >= 11 is 5.88. The zero-order valence-electron chi connectivity index (χ0n) is 7.41. The van der Waals surface area contributed by atoms with Crippen molar-refractivity contribution in [3.63, 3.8) is 0 Å². The summed E-state index contributed by atoms with van der Waals surface area (Å²) in [5, 5.41) is 0.499. The standard InChI is InChI=1S/C10H13ClN2/c1-2-3-6-9(12)8-5-4-7-13-10(8)11/h2,4-5,7,9H,1,3,6,12H2/t9-/m1/s1. The Hall–Kier alpha value is -0.860. The molecule has 3 heteroatoms. The van der Waals surface area contributed by atoms with Crippen molar-refractivity contribution in [3.8, 4) is 0 Å². The molecule has 0 saturated heterocycles. The lowest BCUT2D eigenvalue weighted by atomic mass is 10.1. The van der Waals surface area contributed by atoms with Gasteiger partial charge in [-0.25, -0.2) is 4.98 Å². The molecule has 0 aliphatic heterocycles. The minimum atomic E-state index is -0.0424. The molecule has 13 heavy (non-hydrogen) atoms. The summed E-state index contributed by atoms with van der Waals surface area (Å²) in [6.45, 7) is 3.64. The molecule has 0 aliphatic carbocycles. The van der Waals surface area contributed by atoms with Gasteiger partial charge in [0.15, 0.2) is 0 Å². The van der Waals surface area contributed by atoms with E-state index in [0.717, 1.165) is 18.4 Å². The highest BCUT2D eigenvalue weighted by molar-refractivity contribution is 6.30. The van der Waals surface area contributed by atoms with E-state index in [4.69, 9.17) is 17.3 Å². The van der Waals surface area contributed by atoms with Gasteiger partial charge in [-0.3, -0.25) is 0 Å². The Labute approximate surface area is 83.4 Å². The van der Waals surface area contributed by atoms with Crippen molar-refractivity contribution in [2.45, 2.75) is 18.9 Å². The van der Waals surface area contributed by atoms with E-state index in [1.165, 1.54) is 0 Å². The molecule has 0 radical (unpaired) electrons. The fourth-order valence-electron chi connectivity index (χ4n) is 1.13. The van der Waals surface area contributed by atoms with Crippen molar-refractivity contribution < 1.29 is 0 Å². The molecular formula is C10H13ClN2. The highest BCUT2D eigenvalue weighted by Gasteiger charge is 2.08. The minimum Gasteiger partial charge on any atom is -0.324 e. The second kappa shape index (κ2) is 5.00. The van der Waals surface area contributed by atoms with Gasteiger partial charge >= 0.3 is 0 Å². The van der Waals surface area contributed by atoms with E-state index in [9.17, 15) is 0 Å². The lowest BCUT2D eigenvalue weighted by Gasteiger charge is -2.11. The fraction of sp³-hybridized carbons (Fsp3) is 0.300. The Morgan fingerprint density at radius 2 is 2.46 bits per heavy atom. The summed E-state index contributed by atoms with van der Waals surface area (Å²) in [7, 11) is 0. The van der Waals surface area contributed by atoms with Gasteiger partial charge in [-0.15, -0.1) is 6.58 Å². The van der Waals surface area contributed by atoms with Gasteiger partial charge in [-0.2, -0.15) is 0 Å². The zero-order chi connectivity index (χ0) is 9.68. The molecule has 1 heterocycles. The van der Waals surface area contributed by atoms with Crippen molar-refractivity contribution in [3.05, 3.63) is 41.7 Å². The van der Waals surface area contributed by atoms with Crippen molar-refractivity contribution >= 4 is 11.6 Å². The van der Waals surface area contributed by atoms with Crippen molar-refractivity contribution in [1.82, 2.24) is 4.98 Å². The predicted octanol–water partition coefficient (Wildman–Crippen LogP) is 2.70. The third-order valence-electron chi connectivity index (χ3n) is 1.87. The first-order valence-corrected chi connectivity index (χ1v) is 4.60. The molecule has 2 N–H and O–H groups in total. The topological polar surface area (TPSA) is 38.9 Å². The maximum atomic E-state index is 5.91. The maximum Gasteiger partial charge on any atom is 0.133 e. The highest BCUT2D eigenvalue weighted by Crippen LogP contribution is 2.21. The largest absolute Gasteiger partial charge is 0.324 e. The van der Waals surface area contributed by atoms with Gasteiger partial charge in [0.25, 0.3) is 0 Å². The lowest BCUT2D eigenvalue weighted by Crippen LogP contribution is -2.10. The summed E-state index contributed by atoms with van der Waals surface area (Å²) in [6.07, 6.45) is 5.26. The van der Waals surface area contributed by atoms with Gasteiger partial charge < -0.3 is 5.73 Å². The first kappa shape index (κ1) is 10.2. The van der Waals surface area contributed by atoms with E-state index in [2.05, 4.69) is 11.6 Å². The molecule has 1 rings (SSSR count). The summed E-state index contributed by atoms with van der Waals surface area (Å²) in [4.78, 5) is 3.97. The van der Waals surface area contributed by atoms with Crippen molar-refractivity contribution in [2.75, 3.05) is 0 Å². The first-order valence-electron chi connectivity index (χ1n) is 4.22. The van der Waals surface area contributed by atoms with Gasteiger partial charge in [0.1, 0.15) is 5.15 Å². The number of nitrogens with two attached hydrogens (primary N) is 1. The molecular weight excluding hydrogens is 184 g/mol. The zero-order valence-corrected chi connectivity index (χ0v) is 8.17. The smallest absolute Gasteiger partial charge is 0.133 e. The molecule has 0 fully saturated rings. The van der Waals surface area contributed by atoms with Crippen LogP contribution in [0.3, 0.4) is 0 Å². The Morgan fingerprint density at radius 3 is 3.08 bits per heavy atom. The van der Waals surface area contributed by atoms with Crippen LogP contribution >= 0.6 is 11.6 Å². The Bertz CT molecular complexity index is 286. The number of allylic oxidation sites excluding steroid dienone is 1. The van der Waals surface area contributed by atoms with Crippen LogP contribution in [0, 0.1) is 0 Å². The second-order valence-electron chi connectivity index (χ2n) is 2.86. The van der Waals surface area contributed by atoms with Crippen LogP contribution < -0.4 is 5.73 Å². The number of pyridine rings is 1. The number of hydrogen-bond donors (Lipinski definition) is 1. The Kier molecular flexibility index (Phi) is 3.93. The molecule has 0 saturated carbocycles. The van der Waals surface area contributed by atoms with E-state index in [0.29, 0.717) is 5.15 Å². The van der Waals surface area contributed by atoms with Crippen molar-refractivity contribution in [1.29, 1.82) is 0 Å². The SMILES string of the molecule is C=CCC[C@@H](N)c1cccnc1Cl. The highest BCUT2D eigenvalue weighted by atomic mass is 35.5. The summed E-state index contributed by atoms with van der Waals surface area (Å²) in [5.41, 5.74) is 6.82. The summed E-state index contributed by atoms with van der Waals surface area (Å²) in [5.74, 6) is 0. The summed E-state index contributed by atoms with van der Waals surface area (Å²) < 4.78 is 0. The number of rotatable bonds is 4. The molecule has 0 aromatic carbocycles. The average molecular weight is 197 g/mol. The van der Waals surface area contributed by atoms with Crippen LogP contribution in [0.5, 0.6) is 0 Å². The molecule has 0 bridgehead atoms. The van der Waals surface area contributed by atoms with Crippen LogP contribution in [0.4, 0.5) is 0 Å². The molecule has 1 aromatic heterocycles. The van der Waals surface area contributed by atoms with Gasteiger partial charge in [0.2, 0.25) is 0 Å². The molecule has 0 aliphatic rings. The predicted molar refractivity (Wildman–Crippen MR) is 55.6 cm³/mol. The lowest BCUT2D eigenvalue weighted by molar-refractivity contribution is 0.659. The number of nitrogens with zero attached hydrogens (tertiary/aromatic N) is 1. The molecule has 0 amide bonds. The maximum absolute atomic E-state index is 5.91. The quantitative estimate of drug-likeness (QED) is 0.594. The minimum absolute atomic E-state index is 0.0424. The Morgan fingerprint density at radius 1 is 1.69 bits per heavy atom. The fourth-order valence-corrected chi connectivity index (χ4v) is 1.39. The van der Waals surface area contributed by atoms with Crippen LogP contribution in [-0.2, 0) is 0 Å². The van der Waals surface area contributed by atoms with E-state index < -0.39 is 0 Å². The second-order valence-corrected chi connectivity index (χ2v) is 3.21. The van der Waals surface area contributed by atoms with Crippen LogP contribution in [-0.4, -0.2) is 4.98 Å². The van der Waals surface area contributed by atoms with Gasteiger partial charge in [-0.1, -0.05) is 23.7 Å². The third kappa shape index (κ3) is 2.83. The molecule has 1 aromatic rings. The normalized spacial score (nSPS) is 12.5. The van der Waals surface area contributed by atoms with E-state index in [1.54, 1.807) is 6.20 Å². The first-order chi connectivity index (χ1) is 6.25. The molecule has 2 nitrogen and oxygen atoms in total. The number of halogens is 1. The number of aromatic nitrogens is 1. The molecule has 1 atom stereocenters. The average Bonchev–Trinajstić information content (AvgIpc) is 2.15. The monoisotopic (exact) mass is 196 g/mol. The van der Waals surface area contributed by atoms with Gasteiger partial charge in [-0.05, 0) is 18.9 Å². The van der Waals surface area contributed by atoms with Gasteiger partial charge in [0, 0.05) is 17.8 Å². The van der Waals surface area contributed by atoms with E-state index in [1.807, 2.05) is 18.2 Å². The van der Waals surface area contributed by atoms with Crippen molar-refractivity contribution in [2.24, 2.45) is 5.73 Å². The van der Waals surface area contributed by atoms with Crippen LogP contribution in [0.15, 0.2) is 31.0 Å². The Balaban J connectivity index is 2.70. The third-order valence-corrected chi connectivity index (χ3v) is 2.19. The summed E-state index contributed by atoms with van der Waals surface area (Å²) in [6, 6.07) is 3.71. The number of hydrogen-bond acceptors (Lipinski definition) is 2. The van der Waals surface area contributed by atoms with Crippen LogP contribution in [0.25, 0.3) is 0 Å².